The number of amides is 3. The van der Waals surface area contributed by atoms with Gasteiger partial charge in [-0.3, -0.25) is 19.3 Å². The van der Waals surface area contributed by atoms with Gasteiger partial charge in [-0.05, 0) is 54.4 Å². The van der Waals surface area contributed by atoms with Crippen LogP contribution in [0.1, 0.15) is 37.4 Å². The zero-order valence-electron chi connectivity index (χ0n) is 24.7. The van der Waals surface area contributed by atoms with E-state index in [2.05, 4.69) is 20.9 Å². The van der Waals surface area contributed by atoms with Crippen LogP contribution in [0.4, 0.5) is 11.4 Å². The summed E-state index contributed by atoms with van der Waals surface area (Å²) in [5, 5.41) is 18.0. The molecule has 3 aromatic carbocycles. The minimum Gasteiger partial charge on any atom is -0.465 e. The molecule has 0 unspecified atom stereocenters. The molecule has 2 heterocycles. The highest BCUT2D eigenvalue weighted by Crippen LogP contribution is 2.39. The number of hydrogen-bond acceptors (Lipinski definition) is 8. The van der Waals surface area contributed by atoms with E-state index in [-0.39, 0.29) is 30.9 Å². The number of aryl methyl sites for hydroxylation is 1. The maximum Gasteiger partial charge on any atom is 0.338 e. The lowest BCUT2D eigenvalue weighted by Crippen LogP contribution is -2.51. The quantitative estimate of drug-likeness (QED) is 0.218. The molecule has 0 spiro atoms. The molecule has 2 aliphatic rings. The summed E-state index contributed by atoms with van der Waals surface area (Å²) in [6, 6.07) is 19.6. The monoisotopic (exact) mass is 597 g/mol. The molecule has 3 amide bonds. The lowest BCUT2D eigenvalue weighted by Gasteiger charge is -2.34. The minimum absolute atomic E-state index is 0.0889. The number of aliphatic hydroxyl groups excluding tert-OH is 1. The number of rotatable bonds is 9. The molecule has 0 aromatic heterocycles. The molecule has 1 fully saturated rings. The Labute approximate surface area is 255 Å². The first-order chi connectivity index (χ1) is 21.3. The zero-order chi connectivity index (χ0) is 31.2. The van der Waals surface area contributed by atoms with Crippen LogP contribution >= 0.6 is 0 Å². The number of aliphatic hydroxyl groups is 1. The number of nitrogens with one attached hydrogen (secondary N) is 3. The number of nitrogens with zero attached hydrogens (tertiary/aromatic N) is 2. The Morgan fingerprint density at radius 3 is 2.32 bits per heavy atom. The molecule has 11 heteroatoms. The van der Waals surface area contributed by atoms with Gasteiger partial charge in [0.15, 0.2) is 0 Å². The topological polar surface area (TPSA) is 140 Å². The Morgan fingerprint density at radius 1 is 0.955 bits per heavy atom. The van der Waals surface area contributed by atoms with Crippen molar-refractivity contribution in [2.24, 2.45) is 0 Å². The van der Waals surface area contributed by atoms with Gasteiger partial charge in [-0.15, -0.1) is 0 Å². The molecule has 5 rings (SSSR count). The van der Waals surface area contributed by atoms with Crippen molar-refractivity contribution in [1.29, 1.82) is 0 Å². The average molecular weight is 598 g/mol. The molecular formula is C33H35N5O6. The fourth-order valence-electron chi connectivity index (χ4n) is 5.37. The van der Waals surface area contributed by atoms with Crippen LogP contribution in [-0.2, 0) is 14.3 Å². The molecular weight excluding hydrogens is 562 g/mol. The number of hydrogen-bond donors (Lipinski definition) is 4. The minimum atomic E-state index is -0.482. The third kappa shape index (κ3) is 6.64. The summed E-state index contributed by atoms with van der Waals surface area (Å²) in [4.78, 5) is 54.8. The lowest BCUT2D eigenvalue weighted by atomic mass is 9.96. The fourth-order valence-corrected chi connectivity index (χ4v) is 5.37. The third-order valence-corrected chi connectivity index (χ3v) is 7.78. The summed E-state index contributed by atoms with van der Waals surface area (Å²) >= 11 is 0. The molecule has 44 heavy (non-hydrogen) atoms. The Morgan fingerprint density at radius 2 is 1.66 bits per heavy atom. The van der Waals surface area contributed by atoms with Crippen molar-refractivity contribution in [3.05, 3.63) is 94.5 Å². The summed E-state index contributed by atoms with van der Waals surface area (Å²) < 4.78 is 4.89. The highest BCUT2D eigenvalue weighted by Gasteiger charge is 2.30. The lowest BCUT2D eigenvalue weighted by molar-refractivity contribution is -0.131. The normalized spacial score (nSPS) is 15.7. The van der Waals surface area contributed by atoms with Crippen LogP contribution in [0.25, 0.3) is 11.3 Å². The molecule has 1 saturated heterocycles. The van der Waals surface area contributed by atoms with Crippen LogP contribution < -0.4 is 16.0 Å². The highest BCUT2D eigenvalue weighted by atomic mass is 16.5. The van der Waals surface area contributed by atoms with Crippen LogP contribution in [0.15, 0.2) is 66.7 Å². The number of benzene rings is 3. The molecule has 0 saturated carbocycles. The molecule has 3 aromatic rings. The Kier molecular flexibility index (Phi) is 9.37. The van der Waals surface area contributed by atoms with Gasteiger partial charge < -0.3 is 30.7 Å². The number of carbonyl (C=O) groups is 4. The number of methoxy groups -OCH3 is 1. The van der Waals surface area contributed by atoms with Crippen LogP contribution in [-0.4, -0.2) is 91.6 Å². The number of ether oxygens (including phenoxy) is 1. The van der Waals surface area contributed by atoms with Gasteiger partial charge in [0.25, 0.3) is 11.8 Å². The summed E-state index contributed by atoms with van der Waals surface area (Å²) in [6.07, 6.45) is 0. The van der Waals surface area contributed by atoms with Crippen LogP contribution in [0, 0.1) is 6.92 Å². The summed E-state index contributed by atoms with van der Waals surface area (Å²) in [6.45, 7) is 4.87. The van der Waals surface area contributed by atoms with E-state index in [0.29, 0.717) is 77.6 Å². The fraction of sp³-hybridized carbons (Fsp3) is 0.273. The maximum atomic E-state index is 13.3. The number of piperazine rings is 1. The van der Waals surface area contributed by atoms with Gasteiger partial charge in [0, 0.05) is 49.5 Å². The molecule has 2 aliphatic heterocycles. The van der Waals surface area contributed by atoms with Gasteiger partial charge in [0.1, 0.15) is 0 Å². The average Bonchev–Trinajstić information content (AvgIpc) is 3.36. The Bertz CT molecular complexity index is 1590. The Balaban J connectivity index is 1.32. The van der Waals surface area contributed by atoms with Crippen molar-refractivity contribution in [2.75, 3.05) is 63.6 Å². The predicted octanol–water partition coefficient (Wildman–Crippen LogP) is 2.58. The first-order valence-electron chi connectivity index (χ1n) is 14.4. The number of esters is 1. The molecule has 4 N–H and O–H groups in total. The standard InChI is InChI=1S/C33H35N5O6/c1-21-18-26-27(19-25(21)33(43)44-2)36-32(42)29(26)30(22-6-4-3-5-7-22)35-24-10-8-23(9-11-24)31(41)34-20-28(40)38-14-12-37(13-15-38)16-17-39/h3-11,18-19,35,39H,12-17,20H2,1-2H3,(H,34,41)(H,36,42). The maximum absolute atomic E-state index is 13.3. The van der Waals surface area contributed by atoms with Crippen molar-refractivity contribution < 1.29 is 29.0 Å². The summed E-state index contributed by atoms with van der Waals surface area (Å²) in [5.41, 5.74) is 5.01. The van der Waals surface area contributed by atoms with Crippen LogP contribution in [0.5, 0.6) is 0 Å². The SMILES string of the molecule is COC(=O)c1cc2c(cc1C)C(=C(Nc1ccc(C(=O)NCC(=O)N3CCN(CCO)CC3)cc1)c1ccccc1)C(=O)N2. The van der Waals surface area contributed by atoms with Gasteiger partial charge in [0.05, 0.1) is 42.8 Å². The first kappa shape index (κ1) is 30.5. The number of anilines is 2. The van der Waals surface area contributed by atoms with Gasteiger partial charge in [-0.25, -0.2) is 4.79 Å². The van der Waals surface area contributed by atoms with E-state index in [0.717, 1.165) is 5.56 Å². The van der Waals surface area contributed by atoms with Gasteiger partial charge in [0.2, 0.25) is 5.91 Å². The molecule has 11 nitrogen and oxygen atoms in total. The molecule has 228 valence electrons. The van der Waals surface area contributed by atoms with Crippen molar-refractivity contribution in [3.8, 4) is 0 Å². The second kappa shape index (κ2) is 13.5. The van der Waals surface area contributed by atoms with E-state index >= 15 is 0 Å². The van der Waals surface area contributed by atoms with Crippen molar-refractivity contribution in [2.45, 2.75) is 6.92 Å². The van der Waals surface area contributed by atoms with Crippen molar-refractivity contribution in [1.82, 2.24) is 15.1 Å². The largest absolute Gasteiger partial charge is 0.465 e. The van der Waals surface area contributed by atoms with Gasteiger partial charge in [-0.2, -0.15) is 0 Å². The predicted molar refractivity (Wildman–Crippen MR) is 167 cm³/mol. The third-order valence-electron chi connectivity index (χ3n) is 7.78. The second-order valence-electron chi connectivity index (χ2n) is 10.6. The van der Waals surface area contributed by atoms with Crippen molar-refractivity contribution >= 4 is 46.3 Å². The number of β-amino-alcohol motifs (C(OH)–C–C–N with tert-alkyl or cyclic N) is 1. The summed E-state index contributed by atoms with van der Waals surface area (Å²) in [7, 11) is 1.31. The second-order valence-corrected chi connectivity index (χ2v) is 10.6. The van der Waals surface area contributed by atoms with Gasteiger partial charge in [-0.1, -0.05) is 30.3 Å². The van der Waals surface area contributed by atoms with E-state index in [1.54, 1.807) is 48.2 Å². The molecule has 0 radical (unpaired) electrons. The van der Waals surface area contributed by atoms with E-state index in [9.17, 15) is 19.2 Å². The molecule has 0 aliphatic carbocycles. The summed E-state index contributed by atoms with van der Waals surface area (Å²) in [5.74, 6) is -1.32. The van der Waals surface area contributed by atoms with Gasteiger partial charge >= 0.3 is 5.97 Å². The smallest absolute Gasteiger partial charge is 0.338 e. The van der Waals surface area contributed by atoms with E-state index in [1.807, 2.05) is 30.3 Å². The number of fused-ring (bicyclic) bond motifs is 1. The zero-order valence-corrected chi connectivity index (χ0v) is 24.7. The van der Waals surface area contributed by atoms with Crippen molar-refractivity contribution in [3.63, 3.8) is 0 Å². The van der Waals surface area contributed by atoms with E-state index in [4.69, 9.17) is 9.84 Å². The van der Waals surface area contributed by atoms with E-state index < -0.39 is 5.97 Å². The molecule has 0 bridgehead atoms. The van der Waals surface area contributed by atoms with Crippen LogP contribution in [0.3, 0.4) is 0 Å². The van der Waals surface area contributed by atoms with E-state index in [1.165, 1.54) is 7.11 Å². The highest BCUT2D eigenvalue weighted by molar-refractivity contribution is 6.37. The first-order valence-corrected chi connectivity index (χ1v) is 14.4. The Hall–Kier alpha value is -5.00. The van der Waals surface area contributed by atoms with Crippen LogP contribution in [0.2, 0.25) is 0 Å². The number of carbonyl (C=O) groups excluding carboxylic acids is 4. The molecule has 0 atom stereocenters.